The third-order valence-electron chi connectivity index (χ3n) is 15.4. The van der Waals surface area contributed by atoms with Crippen LogP contribution in [0, 0.1) is 0 Å². The fraction of sp³-hybridized carbons (Fsp3) is 0.703. The van der Waals surface area contributed by atoms with E-state index < -0.39 is 10.1 Å². The van der Waals surface area contributed by atoms with Crippen LogP contribution in [0.3, 0.4) is 0 Å². The number of pyridine rings is 1. The summed E-state index contributed by atoms with van der Waals surface area (Å²) in [5.74, 6) is 0. The average molecular weight is 1040 g/mol. The Morgan fingerprint density at radius 3 is 1.12 bits per heavy atom. The van der Waals surface area contributed by atoms with E-state index in [9.17, 15) is 13.0 Å². The summed E-state index contributed by atoms with van der Waals surface area (Å²) in [5.41, 5.74) is 3.98. The lowest BCUT2D eigenvalue weighted by molar-refractivity contribution is -0.925. The van der Waals surface area contributed by atoms with Gasteiger partial charge in [0, 0.05) is 35.9 Å². The van der Waals surface area contributed by atoms with E-state index in [1.807, 2.05) is 0 Å². The number of quaternary nitrogens is 1. The molecule has 1 aromatic heterocycles. The predicted octanol–water partition coefficient (Wildman–Crippen LogP) is 19.0. The van der Waals surface area contributed by atoms with Gasteiger partial charge in [0.25, 0.3) is 0 Å². The van der Waals surface area contributed by atoms with Gasteiger partial charge in [0.2, 0.25) is 0 Å². The maximum Gasteiger partial charge on any atom is 0.169 e. The molecular weight excluding hydrogens is 926 g/mol. The Morgan fingerprint density at radius 2 is 0.792 bits per heavy atom. The Kier molecular flexibility index (Phi) is 39.5. The molecule has 0 bridgehead atoms. The summed E-state index contributed by atoms with van der Waals surface area (Å²) in [5, 5.41) is 0.400. The Bertz CT molecular complexity index is 1770. The number of unbranched alkanes of at least 4 members (excludes halogenated alkanes) is 30. The molecule has 0 radical (unpaired) electrons. The minimum Gasteiger partial charge on any atom is -0.744 e. The largest absolute Gasteiger partial charge is 0.744 e. The molecule has 0 amide bonds. The van der Waals surface area contributed by atoms with E-state index >= 15 is 0 Å². The highest BCUT2D eigenvalue weighted by atomic mass is 35.5. The molecule has 0 saturated carbocycles. The smallest absolute Gasteiger partial charge is 0.169 e. The summed E-state index contributed by atoms with van der Waals surface area (Å²) in [6.07, 6.45) is 56.1. The zero-order chi connectivity index (χ0) is 52.2. The molecule has 6 nitrogen and oxygen atoms in total. The summed E-state index contributed by atoms with van der Waals surface area (Å²) in [6.45, 7) is 20.1. The molecule has 0 aliphatic heterocycles. The highest BCUT2D eigenvalue weighted by Gasteiger charge is 2.20. The fourth-order valence-corrected chi connectivity index (χ4v) is 10.7. The Hall–Kier alpha value is -2.71. The van der Waals surface area contributed by atoms with Crippen LogP contribution in [0.15, 0.2) is 78.0 Å². The molecule has 0 N–H and O–H groups in total. The normalized spacial score (nSPS) is 11.9. The topological polar surface area (TPSA) is 64.3 Å². The van der Waals surface area contributed by atoms with Crippen molar-refractivity contribution >= 4 is 39.6 Å². The van der Waals surface area contributed by atoms with Crippen molar-refractivity contribution in [2.75, 3.05) is 44.2 Å². The van der Waals surface area contributed by atoms with Gasteiger partial charge in [-0.05, 0) is 81.1 Å². The molecule has 3 rings (SSSR count). The van der Waals surface area contributed by atoms with Crippen LogP contribution in [-0.2, 0) is 16.7 Å². The van der Waals surface area contributed by atoms with Crippen molar-refractivity contribution in [3.8, 4) is 0 Å². The molecule has 1 heterocycles. The minimum absolute atomic E-state index is 0.262. The Balaban J connectivity index is 0.00000142. The van der Waals surface area contributed by atoms with Gasteiger partial charge in [-0.15, -0.1) is 0 Å². The number of halogens is 1. The molecule has 0 saturated heterocycles. The molecule has 2 aromatic carbocycles. The molecule has 72 heavy (non-hydrogen) atoms. The molecule has 0 aliphatic rings. The third-order valence-corrected chi connectivity index (χ3v) is 16.5. The van der Waals surface area contributed by atoms with E-state index in [1.165, 1.54) is 297 Å². The second-order valence-electron chi connectivity index (χ2n) is 21.2. The van der Waals surface area contributed by atoms with Crippen LogP contribution in [0.5, 0.6) is 0 Å². The van der Waals surface area contributed by atoms with Crippen LogP contribution in [0.4, 0.5) is 5.69 Å². The number of nitrogens with zero attached hydrogens (tertiary/aromatic N) is 3. The number of rotatable bonds is 45. The quantitative estimate of drug-likeness (QED) is 0.0245. The SMILES string of the molecule is CCCCCCCCCCCCCCCCCCN(CCCCCCCCCCCCCCCCCC)c1ccc(C=Cc2cc[n+](CCC[N+](CC)(CC)CC)cc2)cc1.O=S(=O)([O-])c1ccc(Cl)cc1. The standard InChI is InChI=1S/C58H105N3.C6H5ClO3S/c1-6-11-13-15-17-19-21-23-25-27-29-31-33-35-37-39-51-60(52-40-38-36-34-32-30-28-26-24-22-20-18-16-14-12-7-2)58-46-44-56(45-47-58)42-43-57-48-53-59(54-49-57)50-41-55-61(8-3,9-4)10-5;7-5-1-3-6(4-2-5)11(8,9)10/h42-49,53-54H,6-41,50-52,55H2,1-5H3;1-4H,(H,8,9,10)/q+2;/p-1. The molecule has 0 atom stereocenters. The van der Waals surface area contributed by atoms with Gasteiger partial charge in [-0.2, -0.15) is 0 Å². The molecule has 0 aliphatic carbocycles. The van der Waals surface area contributed by atoms with E-state index in [1.54, 1.807) is 0 Å². The van der Waals surface area contributed by atoms with Crippen molar-refractivity contribution in [3.05, 3.63) is 89.2 Å². The first-order chi connectivity index (χ1) is 35.1. The van der Waals surface area contributed by atoms with Crippen LogP contribution < -0.4 is 9.47 Å². The van der Waals surface area contributed by atoms with E-state index in [0.717, 1.165) is 6.54 Å². The van der Waals surface area contributed by atoms with Crippen LogP contribution in [0.25, 0.3) is 12.2 Å². The Labute approximate surface area is 450 Å². The lowest BCUT2D eigenvalue weighted by Gasteiger charge is -2.35. The zero-order valence-corrected chi connectivity index (χ0v) is 48.8. The van der Waals surface area contributed by atoms with E-state index in [0.29, 0.717) is 5.02 Å². The van der Waals surface area contributed by atoms with Crippen LogP contribution in [0.2, 0.25) is 5.02 Å². The van der Waals surface area contributed by atoms with Gasteiger partial charge in [0.1, 0.15) is 10.1 Å². The van der Waals surface area contributed by atoms with Crippen molar-refractivity contribution in [2.45, 2.75) is 258 Å². The summed E-state index contributed by atoms with van der Waals surface area (Å²) in [7, 11) is -4.33. The van der Waals surface area contributed by atoms with Gasteiger partial charge in [-0.25, -0.2) is 13.0 Å². The first-order valence-corrected chi connectivity index (χ1v) is 32.0. The van der Waals surface area contributed by atoms with Gasteiger partial charge in [0.15, 0.2) is 18.9 Å². The van der Waals surface area contributed by atoms with Gasteiger partial charge in [-0.3, -0.25) is 0 Å². The second kappa shape index (κ2) is 43.5. The van der Waals surface area contributed by atoms with Crippen molar-refractivity contribution in [1.29, 1.82) is 0 Å². The number of aryl methyl sites for hydroxylation is 1. The summed E-state index contributed by atoms with van der Waals surface area (Å²) in [4.78, 5) is 2.45. The highest BCUT2D eigenvalue weighted by Crippen LogP contribution is 2.21. The first kappa shape index (κ1) is 65.4. The predicted molar refractivity (Wildman–Crippen MR) is 314 cm³/mol. The maximum atomic E-state index is 10.3. The molecule has 0 fully saturated rings. The number of aromatic nitrogens is 1. The van der Waals surface area contributed by atoms with Crippen LogP contribution in [-0.4, -0.2) is 56.7 Å². The third kappa shape index (κ3) is 33.3. The molecule has 0 spiro atoms. The van der Waals surface area contributed by atoms with Crippen molar-refractivity contribution in [3.63, 3.8) is 0 Å². The van der Waals surface area contributed by atoms with Crippen molar-refractivity contribution in [2.24, 2.45) is 0 Å². The summed E-state index contributed by atoms with van der Waals surface area (Å²) in [6, 6.07) is 19.0. The second-order valence-corrected chi connectivity index (χ2v) is 23.0. The minimum atomic E-state index is -4.33. The summed E-state index contributed by atoms with van der Waals surface area (Å²) < 4.78 is 34.6. The van der Waals surface area contributed by atoms with Gasteiger partial charge < -0.3 is 13.9 Å². The molecular formula is C64H109ClN3O3S+. The maximum absolute atomic E-state index is 10.3. The first-order valence-electron chi connectivity index (χ1n) is 30.2. The van der Waals surface area contributed by atoms with Gasteiger partial charge in [-0.1, -0.05) is 242 Å². The van der Waals surface area contributed by atoms with E-state index in [2.05, 4.69) is 105 Å². The Morgan fingerprint density at radius 1 is 0.458 bits per heavy atom. The van der Waals surface area contributed by atoms with E-state index in [4.69, 9.17) is 11.6 Å². The fourth-order valence-electron chi connectivity index (χ4n) is 10.1. The molecule has 410 valence electrons. The number of hydrogen-bond acceptors (Lipinski definition) is 4. The molecule has 3 aromatic rings. The highest BCUT2D eigenvalue weighted by molar-refractivity contribution is 7.85. The molecule has 0 unspecified atom stereocenters. The van der Waals surface area contributed by atoms with Crippen LogP contribution in [0.1, 0.15) is 258 Å². The number of benzene rings is 2. The average Bonchev–Trinajstić information content (AvgIpc) is 3.39. The van der Waals surface area contributed by atoms with Crippen molar-refractivity contribution in [1.82, 2.24) is 0 Å². The van der Waals surface area contributed by atoms with Crippen molar-refractivity contribution < 1.29 is 22.0 Å². The van der Waals surface area contributed by atoms with E-state index in [-0.39, 0.29) is 4.90 Å². The monoisotopic (exact) mass is 1030 g/mol. The summed E-state index contributed by atoms with van der Waals surface area (Å²) >= 11 is 5.46. The lowest BCUT2D eigenvalue weighted by atomic mass is 10.0. The van der Waals surface area contributed by atoms with Crippen LogP contribution >= 0.6 is 11.6 Å². The van der Waals surface area contributed by atoms with Gasteiger partial charge >= 0.3 is 0 Å². The zero-order valence-electron chi connectivity index (χ0n) is 47.2. The molecule has 8 heteroatoms. The number of anilines is 1. The lowest BCUT2D eigenvalue weighted by Crippen LogP contribution is -2.49. The number of hydrogen-bond donors (Lipinski definition) is 0. The van der Waals surface area contributed by atoms with Gasteiger partial charge in [0.05, 0.1) is 37.5 Å².